The summed E-state index contributed by atoms with van der Waals surface area (Å²) in [6.07, 6.45) is 1.77. The minimum absolute atomic E-state index is 0.167. The first-order valence-electron chi connectivity index (χ1n) is 6.89. The predicted molar refractivity (Wildman–Crippen MR) is 75.8 cm³/mol. The summed E-state index contributed by atoms with van der Waals surface area (Å²) in [5.41, 5.74) is -0.112. The number of nitrogens with zero attached hydrogens (tertiary/aromatic N) is 3. The molecule has 112 valence electrons. The summed E-state index contributed by atoms with van der Waals surface area (Å²) in [4.78, 5) is 17.6. The molecule has 1 aromatic heterocycles. The number of ether oxygens (including phenoxy) is 2. The molecule has 21 heavy (non-hydrogen) atoms. The maximum Gasteiger partial charge on any atom is 0.410 e. The van der Waals surface area contributed by atoms with Gasteiger partial charge in [-0.05, 0) is 32.9 Å². The van der Waals surface area contributed by atoms with Crippen molar-refractivity contribution in [1.29, 1.82) is 5.26 Å². The summed E-state index contributed by atoms with van der Waals surface area (Å²) >= 11 is 0. The van der Waals surface area contributed by atoms with E-state index in [-0.39, 0.29) is 12.2 Å². The summed E-state index contributed by atoms with van der Waals surface area (Å²) in [5.74, 6) is 0.316. The Kier molecular flexibility index (Phi) is 4.32. The Labute approximate surface area is 124 Å². The molecule has 0 aliphatic carbocycles. The molecule has 1 saturated heterocycles. The largest absolute Gasteiger partial charge is 0.471 e. The standard InChI is InChI=1S/C15H19N3O3/c1-15(2,3)21-14(19)18-8-6-12(10-18)20-13-11(9-16)5-4-7-17-13/h4-5,7,12H,6,8,10H2,1-3H3/t12-/m1/s1. The first-order valence-corrected chi connectivity index (χ1v) is 6.89. The number of carbonyl (C=O) groups is 1. The first kappa shape index (κ1) is 15.1. The molecule has 2 heterocycles. The van der Waals surface area contributed by atoms with Gasteiger partial charge in [0.05, 0.1) is 6.54 Å². The zero-order chi connectivity index (χ0) is 15.5. The van der Waals surface area contributed by atoms with E-state index in [9.17, 15) is 4.79 Å². The fraction of sp³-hybridized carbons (Fsp3) is 0.533. The minimum Gasteiger partial charge on any atom is -0.471 e. The van der Waals surface area contributed by atoms with Crippen LogP contribution < -0.4 is 4.74 Å². The third-order valence-corrected chi connectivity index (χ3v) is 2.97. The minimum atomic E-state index is -0.509. The lowest BCUT2D eigenvalue weighted by Gasteiger charge is -2.24. The molecular weight excluding hydrogens is 270 g/mol. The van der Waals surface area contributed by atoms with E-state index < -0.39 is 5.60 Å². The predicted octanol–water partition coefficient (Wildman–Crippen LogP) is 2.34. The van der Waals surface area contributed by atoms with Crippen LogP contribution in [-0.2, 0) is 4.74 Å². The van der Waals surface area contributed by atoms with Gasteiger partial charge < -0.3 is 14.4 Å². The van der Waals surface area contributed by atoms with Gasteiger partial charge in [0.1, 0.15) is 23.3 Å². The molecule has 2 rings (SSSR count). The molecule has 1 aliphatic rings. The van der Waals surface area contributed by atoms with E-state index in [1.807, 2.05) is 26.8 Å². The van der Waals surface area contributed by atoms with Crippen LogP contribution in [0, 0.1) is 11.3 Å². The van der Waals surface area contributed by atoms with Crippen LogP contribution in [0.3, 0.4) is 0 Å². The normalized spacial score (nSPS) is 18.2. The van der Waals surface area contributed by atoms with E-state index in [0.717, 1.165) is 0 Å². The van der Waals surface area contributed by atoms with Gasteiger partial charge in [-0.2, -0.15) is 5.26 Å². The van der Waals surface area contributed by atoms with Crippen molar-refractivity contribution in [3.8, 4) is 11.9 Å². The van der Waals surface area contributed by atoms with Crippen molar-refractivity contribution in [3.63, 3.8) is 0 Å². The Balaban J connectivity index is 1.94. The molecule has 6 heteroatoms. The number of rotatable bonds is 2. The summed E-state index contributed by atoms with van der Waals surface area (Å²) in [5, 5.41) is 9.01. The van der Waals surface area contributed by atoms with Gasteiger partial charge in [-0.25, -0.2) is 9.78 Å². The topological polar surface area (TPSA) is 75.4 Å². The van der Waals surface area contributed by atoms with E-state index in [4.69, 9.17) is 14.7 Å². The summed E-state index contributed by atoms with van der Waals surface area (Å²) in [6.45, 7) is 6.52. The van der Waals surface area contributed by atoms with E-state index in [1.165, 1.54) is 0 Å². The van der Waals surface area contributed by atoms with Gasteiger partial charge in [-0.3, -0.25) is 0 Å². The van der Waals surface area contributed by atoms with Gasteiger partial charge in [0, 0.05) is 19.2 Å². The van der Waals surface area contributed by atoms with Crippen molar-refractivity contribution in [2.24, 2.45) is 0 Å². The zero-order valence-corrected chi connectivity index (χ0v) is 12.5. The molecule has 0 N–H and O–H groups in total. The fourth-order valence-corrected chi connectivity index (χ4v) is 2.04. The molecule has 0 saturated carbocycles. The van der Waals surface area contributed by atoms with E-state index in [1.54, 1.807) is 23.2 Å². The average Bonchev–Trinajstić information content (AvgIpc) is 2.86. The van der Waals surface area contributed by atoms with Gasteiger partial charge in [-0.1, -0.05) is 0 Å². The molecule has 0 unspecified atom stereocenters. The Bertz CT molecular complexity index is 560. The highest BCUT2D eigenvalue weighted by Crippen LogP contribution is 2.21. The second-order valence-electron chi connectivity index (χ2n) is 5.92. The Hall–Kier alpha value is -2.29. The lowest BCUT2D eigenvalue weighted by molar-refractivity contribution is 0.0275. The number of nitriles is 1. The third kappa shape index (κ3) is 4.09. The highest BCUT2D eigenvalue weighted by molar-refractivity contribution is 5.68. The molecule has 0 bridgehead atoms. The van der Waals surface area contributed by atoms with Crippen LogP contribution in [0.4, 0.5) is 4.79 Å². The van der Waals surface area contributed by atoms with Crippen molar-refractivity contribution in [2.75, 3.05) is 13.1 Å². The Morgan fingerprint density at radius 1 is 1.52 bits per heavy atom. The average molecular weight is 289 g/mol. The number of likely N-dealkylation sites (tertiary alicyclic amines) is 1. The van der Waals surface area contributed by atoms with Gasteiger partial charge in [-0.15, -0.1) is 0 Å². The molecule has 1 amide bonds. The summed E-state index contributed by atoms with van der Waals surface area (Å²) < 4.78 is 11.1. The molecule has 1 fully saturated rings. The number of aromatic nitrogens is 1. The smallest absolute Gasteiger partial charge is 0.410 e. The van der Waals surface area contributed by atoms with Gasteiger partial charge in [0.2, 0.25) is 5.88 Å². The Morgan fingerprint density at radius 3 is 2.95 bits per heavy atom. The molecule has 1 aromatic rings. The molecule has 0 aromatic carbocycles. The second kappa shape index (κ2) is 6.00. The zero-order valence-electron chi connectivity index (χ0n) is 12.5. The molecule has 1 aliphatic heterocycles. The van der Waals surface area contributed by atoms with Crippen LogP contribution in [0.15, 0.2) is 18.3 Å². The van der Waals surface area contributed by atoms with E-state index in [2.05, 4.69) is 4.98 Å². The van der Waals surface area contributed by atoms with Crippen LogP contribution in [0.25, 0.3) is 0 Å². The molecule has 1 atom stereocenters. The van der Waals surface area contributed by atoms with Crippen molar-refractivity contribution >= 4 is 6.09 Å². The lowest BCUT2D eigenvalue weighted by atomic mass is 10.2. The van der Waals surface area contributed by atoms with Crippen LogP contribution in [0.5, 0.6) is 5.88 Å². The van der Waals surface area contributed by atoms with Crippen LogP contribution in [0.1, 0.15) is 32.8 Å². The first-order chi connectivity index (χ1) is 9.89. The van der Waals surface area contributed by atoms with Crippen LogP contribution >= 0.6 is 0 Å². The number of hydrogen-bond acceptors (Lipinski definition) is 5. The maximum absolute atomic E-state index is 12.0. The lowest BCUT2D eigenvalue weighted by Crippen LogP contribution is -2.36. The van der Waals surface area contributed by atoms with Gasteiger partial charge >= 0.3 is 6.09 Å². The van der Waals surface area contributed by atoms with Gasteiger partial charge in [0.25, 0.3) is 0 Å². The summed E-state index contributed by atoms with van der Waals surface area (Å²) in [7, 11) is 0. The van der Waals surface area contributed by atoms with Crippen molar-refractivity contribution in [1.82, 2.24) is 9.88 Å². The van der Waals surface area contributed by atoms with Crippen molar-refractivity contribution in [2.45, 2.75) is 38.9 Å². The molecule has 6 nitrogen and oxygen atoms in total. The maximum atomic E-state index is 12.0. The fourth-order valence-electron chi connectivity index (χ4n) is 2.04. The summed E-state index contributed by atoms with van der Waals surface area (Å²) in [6, 6.07) is 5.39. The second-order valence-corrected chi connectivity index (χ2v) is 5.92. The molecule has 0 radical (unpaired) electrons. The van der Waals surface area contributed by atoms with Crippen molar-refractivity contribution < 1.29 is 14.3 Å². The molecule has 0 spiro atoms. The molecular formula is C15H19N3O3. The van der Waals surface area contributed by atoms with Crippen LogP contribution in [-0.4, -0.2) is 40.8 Å². The Morgan fingerprint density at radius 2 is 2.29 bits per heavy atom. The number of amides is 1. The number of carbonyl (C=O) groups excluding carboxylic acids is 1. The van der Waals surface area contributed by atoms with Crippen molar-refractivity contribution in [3.05, 3.63) is 23.9 Å². The SMILES string of the molecule is CC(C)(C)OC(=O)N1CC[C@@H](Oc2ncccc2C#N)C1. The van der Waals surface area contributed by atoms with E-state index >= 15 is 0 Å². The highest BCUT2D eigenvalue weighted by Gasteiger charge is 2.31. The quantitative estimate of drug-likeness (QED) is 0.835. The monoisotopic (exact) mass is 289 g/mol. The number of hydrogen-bond donors (Lipinski definition) is 0. The third-order valence-electron chi connectivity index (χ3n) is 2.97. The van der Waals surface area contributed by atoms with Gasteiger partial charge in [0.15, 0.2) is 0 Å². The highest BCUT2D eigenvalue weighted by atomic mass is 16.6. The number of pyridine rings is 1. The van der Waals surface area contributed by atoms with E-state index in [0.29, 0.717) is 31.0 Å². The van der Waals surface area contributed by atoms with Crippen LogP contribution in [0.2, 0.25) is 0 Å².